The maximum atomic E-state index is 12.3. The lowest BCUT2D eigenvalue weighted by Gasteiger charge is -2.30. The zero-order chi connectivity index (χ0) is 20.6. The number of amides is 2. The van der Waals surface area contributed by atoms with E-state index in [0.717, 1.165) is 19.5 Å². The van der Waals surface area contributed by atoms with Gasteiger partial charge < -0.3 is 20.5 Å². The third-order valence-electron chi connectivity index (χ3n) is 4.88. The van der Waals surface area contributed by atoms with Crippen molar-refractivity contribution in [1.82, 2.24) is 10.2 Å². The van der Waals surface area contributed by atoms with Crippen molar-refractivity contribution in [2.24, 2.45) is 5.92 Å². The quantitative estimate of drug-likeness (QED) is 0.639. The van der Waals surface area contributed by atoms with Crippen LogP contribution in [-0.4, -0.2) is 48.4 Å². The number of aliphatic hydroxyl groups is 1. The maximum Gasteiger partial charge on any atom is 0.319 e. The van der Waals surface area contributed by atoms with Crippen molar-refractivity contribution in [3.63, 3.8) is 0 Å². The topological polar surface area (TPSA) is 73.8 Å². The fourth-order valence-corrected chi connectivity index (χ4v) is 3.40. The van der Waals surface area contributed by atoms with Crippen LogP contribution in [-0.2, 0) is 13.0 Å². The number of ether oxygens (including phenoxy) is 1. The predicted octanol–water partition coefficient (Wildman–Crippen LogP) is 3.26. The van der Waals surface area contributed by atoms with Crippen LogP contribution in [0.1, 0.15) is 25.0 Å². The number of urea groups is 1. The van der Waals surface area contributed by atoms with Gasteiger partial charge in [-0.3, -0.25) is 4.90 Å². The van der Waals surface area contributed by atoms with Crippen molar-refractivity contribution < 1.29 is 14.6 Å². The Morgan fingerprint density at radius 3 is 2.66 bits per heavy atom. The summed E-state index contributed by atoms with van der Waals surface area (Å²) < 4.78 is 5.76. The zero-order valence-corrected chi connectivity index (χ0v) is 17.2. The Kier molecular flexibility index (Phi) is 7.49. The fourth-order valence-electron chi connectivity index (χ4n) is 3.40. The number of carbonyl (C=O) groups excluding carboxylic acids is 1. The van der Waals surface area contributed by atoms with Gasteiger partial charge in [0.2, 0.25) is 0 Å². The summed E-state index contributed by atoms with van der Waals surface area (Å²) in [6.07, 6.45) is 0.364. The molecule has 3 rings (SSSR count). The molecule has 0 aromatic heterocycles. The Morgan fingerprint density at radius 2 is 1.86 bits per heavy atom. The number of rotatable bonds is 8. The smallest absolute Gasteiger partial charge is 0.319 e. The number of anilines is 1. The molecule has 3 N–H and O–H groups in total. The molecule has 0 fully saturated rings. The summed E-state index contributed by atoms with van der Waals surface area (Å²) in [5.41, 5.74) is 3.32. The minimum Gasteiger partial charge on any atom is -0.491 e. The van der Waals surface area contributed by atoms with Crippen LogP contribution in [0.25, 0.3) is 0 Å². The van der Waals surface area contributed by atoms with E-state index in [2.05, 4.69) is 47.6 Å². The second kappa shape index (κ2) is 10.3. The van der Waals surface area contributed by atoms with Gasteiger partial charge >= 0.3 is 6.03 Å². The summed E-state index contributed by atoms with van der Waals surface area (Å²) >= 11 is 0. The molecule has 1 atom stereocenters. The molecule has 0 spiro atoms. The normalized spacial score (nSPS) is 14.9. The van der Waals surface area contributed by atoms with E-state index in [1.165, 1.54) is 11.1 Å². The SMILES string of the molecule is CC(C)COc1ccccc1NC(=O)NCC(O)CN1CCc2ccccc2C1. The van der Waals surface area contributed by atoms with Gasteiger partial charge in [-0.2, -0.15) is 0 Å². The first-order chi connectivity index (χ1) is 14.0. The number of nitrogens with one attached hydrogen (secondary N) is 2. The van der Waals surface area contributed by atoms with Gasteiger partial charge in [0.1, 0.15) is 5.75 Å². The number of β-amino-alcohol motifs (C(OH)–C–C–N with tert-alkyl or cyclic N) is 1. The van der Waals surface area contributed by atoms with Crippen molar-refractivity contribution in [2.45, 2.75) is 32.9 Å². The van der Waals surface area contributed by atoms with Gasteiger partial charge in [0.15, 0.2) is 0 Å². The van der Waals surface area contributed by atoms with Gasteiger partial charge in [-0.1, -0.05) is 50.2 Å². The van der Waals surface area contributed by atoms with Gasteiger partial charge in [-0.15, -0.1) is 0 Å². The molecule has 0 saturated carbocycles. The van der Waals surface area contributed by atoms with Gasteiger partial charge in [-0.25, -0.2) is 4.79 Å². The highest BCUT2D eigenvalue weighted by molar-refractivity contribution is 5.90. The molecule has 0 radical (unpaired) electrons. The lowest BCUT2D eigenvalue weighted by molar-refractivity contribution is 0.106. The third-order valence-corrected chi connectivity index (χ3v) is 4.88. The first kappa shape index (κ1) is 21.1. The number of hydrogen-bond acceptors (Lipinski definition) is 4. The molecule has 0 saturated heterocycles. The van der Waals surface area contributed by atoms with Crippen LogP contribution >= 0.6 is 0 Å². The molecular formula is C23H31N3O3. The zero-order valence-electron chi connectivity index (χ0n) is 17.2. The molecule has 0 aliphatic carbocycles. The average molecular weight is 398 g/mol. The monoisotopic (exact) mass is 397 g/mol. The van der Waals surface area contributed by atoms with E-state index in [4.69, 9.17) is 4.74 Å². The van der Waals surface area contributed by atoms with E-state index in [1.807, 2.05) is 24.3 Å². The number of nitrogens with zero attached hydrogens (tertiary/aromatic N) is 1. The van der Waals surface area contributed by atoms with Crippen molar-refractivity contribution in [3.05, 3.63) is 59.7 Å². The maximum absolute atomic E-state index is 12.3. The fraction of sp³-hybridized carbons (Fsp3) is 0.435. The highest BCUT2D eigenvalue weighted by Gasteiger charge is 2.19. The van der Waals surface area contributed by atoms with Crippen LogP contribution in [0.15, 0.2) is 48.5 Å². The first-order valence-electron chi connectivity index (χ1n) is 10.2. The first-order valence-corrected chi connectivity index (χ1v) is 10.2. The lowest BCUT2D eigenvalue weighted by Crippen LogP contribution is -2.43. The molecule has 1 heterocycles. The van der Waals surface area contributed by atoms with Crippen LogP contribution in [0.4, 0.5) is 10.5 Å². The molecule has 2 aromatic rings. The number of fused-ring (bicyclic) bond motifs is 1. The molecule has 0 bridgehead atoms. The summed E-state index contributed by atoms with van der Waals surface area (Å²) in [6, 6.07) is 15.4. The van der Waals surface area contributed by atoms with Crippen molar-refractivity contribution in [2.75, 3.05) is 31.6 Å². The van der Waals surface area contributed by atoms with Crippen molar-refractivity contribution in [3.8, 4) is 5.75 Å². The van der Waals surface area contributed by atoms with Gasteiger partial charge in [0.25, 0.3) is 0 Å². The number of carbonyl (C=O) groups is 1. The molecule has 6 nitrogen and oxygen atoms in total. The number of para-hydroxylation sites is 2. The van der Waals surface area contributed by atoms with Gasteiger partial charge in [0, 0.05) is 26.2 Å². The second-order valence-electron chi connectivity index (χ2n) is 7.94. The third kappa shape index (κ3) is 6.48. The number of aliphatic hydroxyl groups excluding tert-OH is 1. The molecule has 6 heteroatoms. The minimum absolute atomic E-state index is 0.193. The predicted molar refractivity (Wildman–Crippen MR) is 115 cm³/mol. The van der Waals surface area contributed by atoms with E-state index >= 15 is 0 Å². The van der Waals surface area contributed by atoms with Crippen LogP contribution in [0.3, 0.4) is 0 Å². The summed E-state index contributed by atoms with van der Waals surface area (Å²) in [6.45, 7) is 7.21. The second-order valence-corrected chi connectivity index (χ2v) is 7.94. The van der Waals surface area contributed by atoms with Crippen LogP contribution in [0.5, 0.6) is 5.75 Å². The highest BCUT2D eigenvalue weighted by Crippen LogP contribution is 2.24. The van der Waals surface area contributed by atoms with Crippen LogP contribution < -0.4 is 15.4 Å². The van der Waals surface area contributed by atoms with Gasteiger partial charge in [0.05, 0.1) is 18.4 Å². The summed E-state index contributed by atoms with van der Waals surface area (Å²) in [5.74, 6) is 1.04. The largest absolute Gasteiger partial charge is 0.491 e. The minimum atomic E-state index is -0.626. The summed E-state index contributed by atoms with van der Waals surface area (Å²) in [4.78, 5) is 14.5. The summed E-state index contributed by atoms with van der Waals surface area (Å²) in [7, 11) is 0. The molecule has 2 amide bonds. The molecule has 156 valence electrons. The number of hydrogen-bond donors (Lipinski definition) is 3. The molecule has 1 aliphatic rings. The van der Waals surface area contributed by atoms with E-state index in [1.54, 1.807) is 6.07 Å². The van der Waals surface area contributed by atoms with E-state index in [0.29, 0.717) is 30.5 Å². The van der Waals surface area contributed by atoms with E-state index < -0.39 is 6.10 Å². The van der Waals surface area contributed by atoms with Gasteiger partial charge in [-0.05, 0) is 35.6 Å². The van der Waals surface area contributed by atoms with Crippen LogP contribution in [0.2, 0.25) is 0 Å². The van der Waals surface area contributed by atoms with Crippen LogP contribution in [0, 0.1) is 5.92 Å². The Morgan fingerprint density at radius 1 is 1.14 bits per heavy atom. The Labute approximate surface area is 172 Å². The Bertz CT molecular complexity index is 809. The molecular weight excluding hydrogens is 366 g/mol. The van der Waals surface area contributed by atoms with E-state index in [-0.39, 0.29) is 12.6 Å². The molecule has 29 heavy (non-hydrogen) atoms. The van der Waals surface area contributed by atoms with Crippen molar-refractivity contribution >= 4 is 11.7 Å². The molecule has 1 unspecified atom stereocenters. The Hall–Kier alpha value is -2.57. The number of benzene rings is 2. The average Bonchev–Trinajstić information content (AvgIpc) is 2.71. The lowest BCUT2D eigenvalue weighted by atomic mass is 10.00. The molecule has 1 aliphatic heterocycles. The summed E-state index contributed by atoms with van der Waals surface area (Å²) in [5, 5.41) is 15.9. The Balaban J connectivity index is 1.44. The van der Waals surface area contributed by atoms with E-state index in [9.17, 15) is 9.90 Å². The highest BCUT2D eigenvalue weighted by atomic mass is 16.5. The van der Waals surface area contributed by atoms with Crippen molar-refractivity contribution in [1.29, 1.82) is 0 Å². The molecule has 2 aromatic carbocycles. The standard InChI is InChI=1S/C23H31N3O3/c1-17(2)16-29-22-10-6-5-9-21(22)25-23(28)24-13-20(27)15-26-12-11-18-7-3-4-8-19(18)14-26/h3-10,17,20,27H,11-16H2,1-2H3,(H2,24,25,28).